The van der Waals surface area contributed by atoms with Crippen LogP contribution in [0.3, 0.4) is 0 Å². The van der Waals surface area contributed by atoms with Gasteiger partial charge in [-0.05, 0) is 23.6 Å². The molecule has 1 aliphatic rings. The fourth-order valence-electron chi connectivity index (χ4n) is 2.88. The molecule has 2 N–H and O–H groups in total. The van der Waals surface area contributed by atoms with Crippen molar-refractivity contribution in [2.45, 2.75) is 25.0 Å². The van der Waals surface area contributed by atoms with E-state index in [1.54, 1.807) is 12.1 Å². The van der Waals surface area contributed by atoms with Crippen molar-refractivity contribution in [3.8, 4) is 0 Å². The molecule has 5 nitrogen and oxygen atoms in total. The van der Waals surface area contributed by atoms with E-state index in [0.29, 0.717) is 18.4 Å². The summed E-state index contributed by atoms with van der Waals surface area (Å²) in [5.41, 5.74) is 2.43. The van der Waals surface area contributed by atoms with Crippen molar-refractivity contribution >= 4 is 12.1 Å². The van der Waals surface area contributed by atoms with Gasteiger partial charge in [0.1, 0.15) is 6.10 Å². The topological polar surface area (TPSA) is 75.6 Å². The van der Waals surface area contributed by atoms with Gasteiger partial charge in [-0.3, -0.25) is 0 Å². The molecule has 0 spiro atoms. The number of amides is 1. The summed E-state index contributed by atoms with van der Waals surface area (Å²) in [5, 5.41) is 11.6. The molecule has 3 rings (SSSR count). The molecule has 2 aromatic rings. The Hall–Kier alpha value is -2.82. The molecule has 0 aromatic heterocycles. The van der Waals surface area contributed by atoms with E-state index in [9.17, 15) is 9.59 Å². The van der Waals surface area contributed by atoms with Crippen LogP contribution in [0, 0.1) is 0 Å². The highest BCUT2D eigenvalue weighted by Gasteiger charge is 2.33. The molecule has 5 heteroatoms. The van der Waals surface area contributed by atoms with Crippen molar-refractivity contribution in [2.75, 3.05) is 0 Å². The van der Waals surface area contributed by atoms with E-state index in [1.807, 2.05) is 42.5 Å². The number of benzene rings is 2. The van der Waals surface area contributed by atoms with Gasteiger partial charge in [0.25, 0.3) is 0 Å². The van der Waals surface area contributed by atoms with Crippen molar-refractivity contribution in [3.63, 3.8) is 0 Å². The zero-order chi connectivity index (χ0) is 16.2. The van der Waals surface area contributed by atoms with Crippen molar-refractivity contribution < 1.29 is 19.4 Å². The molecule has 1 amide bonds. The van der Waals surface area contributed by atoms with Gasteiger partial charge in [0.15, 0.2) is 0 Å². The van der Waals surface area contributed by atoms with Crippen molar-refractivity contribution in [3.05, 3.63) is 71.3 Å². The van der Waals surface area contributed by atoms with Crippen LogP contribution in [0.5, 0.6) is 0 Å². The maximum Gasteiger partial charge on any atom is 0.405 e. The molecule has 1 aliphatic heterocycles. The number of carboxylic acid groups (broad SMARTS) is 1. The van der Waals surface area contributed by atoms with Crippen LogP contribution in [0.4, 0.5) is 4.79 Å². The SMILES string of the molecule is O=C(O)NC(Cc1ccccc1)[C@@H]1Cc2ccccc2C(=O)O1. The second-order valence-electron chi connectivity index (χ2n) is 5.55. The average molecular weight is 311 g/mol. The Bertz CT molecular complexity index is 714. The minimum Gasteiger partial charge on any atom is -0.465 e. The Morgan fingerprint density at radius 3 is 2.61 bits per heavy atom. The molecule has 2 aromatic carbocycles. The molecular formula is C18H17NO4. The van der Waals surface area contributed by atoms with Gasteiger partial charge in [0.05, 0.1) is 11.6 Å². The van der Waals surface area contributed by atoms with E-state index in [1.165, 1.54) is 0 Å². The Labute approximate surface area is 133 Å². The van der Waals surface area contributed by atoms with Crippen LogP contribution in [0.15, 0.2) is 54.6 Å². The van der Waals surface area contributed by atoms with Crippen molar-refractivity contribution in [2.24, 2.45) is 0 Å². The Balaban J connectivity index is 1.83. The van der Waals surface area contributed by atoms with Crippen LogP contribution in [-0.2, 0) is 17.6 Å². The normalized spacial score (nSPS) is 17.7. The number of carbonyl (C=O) groups is 2. The van der Waals surface area contributed by atoms with E-state index in [4.69, 9.17) is 9.84 Å². The molecule has 23 heavy (non-hydrogen) atoms. The molecule has 0 aliphatic carbocycles. The van der Waals surface area contributed by atoms with Crippen molar-refractivity contribution in [1.82, 2.24) is 5.32 Å². The molecule has 1 heterocycles. The summed E-state index contributed by atoms with van der Waals surface area (Å²) in [4.78, 5) is 23.3. The summed E-state index contributed by atoms with van der Waals surface area (Å²) in [6.07, 6.45) is -0.679. The van der Waals surface area contributed by atoms with E-state index < -0.39 is 24.2 Å². The highest BCUT2D eigenvalue weighted by atomic mass is 16.5. The van der Waals surface area contributed by atoms with Crippen LogP contribution in [-0.4, -0.2) is 29.3 Å². The first-order chi connectivity index (χ1) is 11.1. The van der Waals surface area contributed by atoms with E-state index in [2.05, 4.69) is 5.32 Å². The number of hydrogen-bond donors (Lipinski definition) is 2. The predicted octanol–water partition coefficient (Wildman–Crippen LogP) is 2.65. The number of carbonyl (C=O) groups excluding carboxylic acids is 1. The number of rotatable bonds is 4. The third-order valence-corrected chi connectivity index (χ3v) is 3.97. The first-order valence-corrected chi connectivity index (χ1v) is 7.46. The number of fused-ring (bicyclic) bond motifs is 1. The summed E-state index contributed by atoms with van der Waals surface area (Å²) >= 11 is 0. The van der Waals surface area contributed by atoms with Crippen LogP contribution in [0.25, 0.3) is 0 Å². The van der Waals surface area contributed by atoms with E-state index >= 15 is 0 Å². The smallest absolute Gasteiger partial charge is 0.405 e. The largest absolute Gasteiger partial charge is 0.465 e. The van der Waals surface area contributed by atoms with Gasteiger partial charge >= 0.3 is 12.1 Å². The number of hydrogen-bond acceptors (Lipinski definition) is 3. The third-order valence-electron chi connectivity index (χ3n) is 3.97. The first-order valence-electron chi connectivity index (χ1n) is 7.46. The lowest BCUT2D eigenvalue weighted by molar-refractivity contribution is 0.0155. The second-order valence-corrected chi connectivity index (χ2v) is 5.55. The fraction of sp³-hybridized carbons (Fsp3) is 0.222. The Morgan fingerprint density at radius 2 is 1.87 bits per heavy atom. The standard InChI is InChI=1S/C18H17NO4/c20-17-14-9-5-4-8-13(14)11-16(23-17)15(19-18(21)22)10-12-6-2-1-3-7-12/h1-9,15-16,19H,10-11H2,(H,21,22)/t15?,16-/m0/s1. The summed E-state index contributed by atoms with van der Waals surface area (Å²) in [6, 6.07) is 16.3. The number of nitrogens with one attached hydrogen (secondary N) is 1. The van der Waals surface area contributed by atoms with Gasteiger partial charge in [-0.25, -0.2) is 9.59 Å². The minimum absolute atomic E-state index is 0.401. The minimum atomic E-state index is -1.12. The number of ether oxygens (including phenoxy) is 1. The molecule has 1 unspecified atom stereocenters. The van der Waals surface area contributed by atoms with Gasteiger partial charge < -0.3 is 15.2 Å². The molecule has 0 bridgehead atoms. The lowest BCUT2D eigenvalue weighted by atomic mass is 9.92. The third kappa shape index (κ3) is 3.51. The average Bonchev–Trinajstić information content (AvgIpc) is 2.55. The van der Waals surface area contributed by atoms with E-state index in [0.717, 1.165) is 11.1 Å². The lowest BCUT2D eigenvalue weighted by Gasteiger charge is -2.31. The molecule has 0 saturated heterocycles. The zero-order valence-electron chi connectivity index (χ0n) is 12.4. The molecule has 0 radical (unpaired) electrons. The van der Waals surface area contributed by atoms with Crippen LogP contribution >= 0.6 is 0 Å². The molecule has 2 atom stereocenters. The van der Waals surface area contributed by atoms with Gasteiger partial charge in [-0.1, -0.05) is 48.5 Å². The molecule has 0 saturated carbocycles. The summed E-state index contributed by atoms with van der Waals surface area (Å²) < 4.78 is 5.48. The monoisotopic (exact) mass is 311 g/mol. The maximum absolute atomic E-state index is 12.1. The highest BCUT2D eigenvalue weighted by Crippen LogP contribution is 2.23. The van der Waals surface area contributed by atoms with Gasteiger partial charge in [-0.15, -0.1) is 0 Å². The zero-order valence-corrected chi connectivity index (χ0v) is 12.4. The van der Waals surface area contributed by atoms with Crippen molar-refractivity contribution in [1.29, 1.82) is 0 Å². The first kappa shape index (κ1) is 15.1. The van der Waals surface area contributed by atoms with Crippen LogP contribution in [0.2, 0.25) is 0 Å². The summed E-state index contributed by atoms with van der Waals surface area (Å²) in [5.74, 6) is -0.401. The lowest BCUT2D eigenvalue weighted by Crippen LogP contribution is -2.48. The molecule has 118 valence electrons. The van der Waals surface area contributed by atoms with Gasteiger partial charge in [-0.2, -0.15) is 0 Å². The van der Waals surface area contributed by atoms with Gasteiger partial charge in [0, 0.05) is 6.42 Å². The Morgan fingerprint density at radius 1 is 1.17 bits per heavy atom. The fourth-order valence-corrected chi connectivity index (χ4v) is 2.88. The predicted molar refractivity (Wildman–Crippen MR) is 84.4 cm³/mol. The van der Waals surface area contributed by atoms with Crippen LogP contribution in [0.1, 0.15) is 21.5 Å². The quantitative estimate of drug-likeness (QED) is 0.851. The Kier molecular flexibility index (Phi) is 4.28. The second kappa shape index (κ2) is 6.52. The molecular weight excluding hydrogens is 294 g/mol. The number of cyclic esters (lactones) is 1. The van der Waals surface area contributed by atoms with Crippen LogP contribution < -0.4 is 5.32 Å². The summed E-state index contributed by atoms with van der Waals surface area (Å²) in [6.45, 7) is 0. The molecule has 0 fully saturated rings. The summed E-state index contributed by atoms with van der Waals surface area (Å²) in [7, 11) is 0. The number of esters is 1. The van der Waals surface area contributed by atoms with Gasteiger partial charge in [0.2, 0.25) is 0 Å². The highest BCUT2D eigenvalue weighted by molar-refractivity contribution is 5.92. The van der Waals surface area contributed by atoms with E-state index in [-0.39, 0.29) is 0 Å². The maximum atomic E-state index is 12.1.